The van der Waals surface area contributed by atoms with Crippen molar-refractivity contribution in [2.24, 2.45) is 0 Å². The largest absolute Gasteiger partial charge is 0.246 e. The maximum absolute atomic E-state index is 5.53. The predicted molar refractivity (Wildman–Crippen MR) is 237 cm³/mol. The Hall–Kier alpha value is -5.97. The molecule has 0 radical (unpaired) electrons. The fourth-order valence-electron chi connectivity index (χ4n) is 7.92. The molecule has 0 spiro atoms. The van der Waals surface area contributed by atoms with E-state index in [1.807, 2.05) is 0 Å². The van der Waals surface area contributed by atoms with Crippen molar-refractivity contribution in [2.75, 3.05) is 0 Å². The third kappa shape index (κ3) is 5.88. The van der Waals surface area contributed by atoms with E-state index < -0.39 is 15.8 Å². The summed E-state index contributed by atoms with van der Waals surface area (Å²) in [5.41, 5.74) is 4.55. The Morgan fingerprint density at radius 3 is 1.02 bits per heavy atom. The lowest BCUT2D eigenvalue weighted by molar-refractivity contribution is 1.53. The molecule has 0 saturated carbocycles. The molecule has 0 aliphatic carbocycles. The van der Waals surface area contributed by atoms with Gasteiger partial charge in [-0.15, -0.1) is 0 Å². The predicted octanol–water partition coefficient (Wildman–Crippen LogP) is 10.9. The number of fused-ring (bicyclic) bond motifs is 6. The number of hydrogen-bond acceptors (Lipinski definition) is 1. The first-order chi connectivity index (χ1) is 26.8. The highest BCUT2D eigenvalue weighted by atomic mass is 31.1. The summed E-state index contributed by atoms with van der Waals surface area (Å²) in [6.45, 7) is 0. The molecule has 3 heteroatoms. The minimum atomic E-state index is -0.880. The van der Waals surface area contributed by atoms with Crippen LogP contribution in [0.3, 0.4) is 0 Å². The van der Waals surface area contributed by atoms with Crippen LogP contribution in [0.4, 0.5) is 0 Å². The van der Waals surface area contributed by atoms with E-state index in [2.05, 4.69) is 212 Å². The minimum Gasteiger partial charge on any atom is -0.246 e. The van der Waals surface area contributed by atoms with Crippen LogP contribution in [0, 0.1) is 0 Å². The standard InChI is InChI=1S/C51H35NP2/c1-5-19-39(20-6-1)53(40-21-7-2-8-22-40)43-33-38(34-44(35-43)54(41-23-9-3-10-24-41)42-25-11-4-12-26-42)49-47-31-29-36-17-13-15-27-45(36)50(47)52-51-46-28-16-14-18-37(46)30-32-48(49)51/h1-35H. The summed E-state index contributed by atoms with van der Waals surface area (Å²) >= 11 is 0. The van der Waals surface area contributed by atoms with Crippen LogP contribution in [0.25, 0.3) is 54.5 Å². The van der Waals surface area contributed by atoms with Gasteiger partial charge in [0.2, 0.25) is 0 Å². The van der Waals surface area contributed by atoms with Crippen molar-refractivity contribution in [2.45, 2.75) is 0 Å². The molecule has 0 aliphatic rings. The van der Waals surface area contributed by atoms with Crippen molar-refractivity contribution < 1.29 is 0 Å². The van der Waals surface area contributed by atoms with Crippen molar-refractivity contribution in [3.63, 3.8) is 0 Å². The van der Waals surface area contributed by atoms with Gasteiger partial charge in [0.05, 0.1) is 11.0 Å². The average Bonchev–Trinajstić information content (AvgIpc) is 3.24. The fraction of sp³-hybridized carbons (Fsp3) is 0. The van der Waals surface area contributed by atoms with Gasteiger partial charge < -0.3 is 0 Å². The van der Waals surface area contributed by atoms with Gasteiger partial charge in [-0.1, -0.05) is 194 Å². The molecular weight excluding hydrogens is 689 g/mol. The second-order valence-electron chi connectivity index (χ2n) is 13.6. The summed E-state index contributed by atoms with van der Waals surface area (Å²) in [7, 11) is -1.76. The SMILES string of the molecule is c1ccc(P(c2ccccc2)c2cc(-c3c4ccc5ccccc5c4nc4c3ccc3ccccc34)cc(P(c3ccccc3)c3ccccc3)c2)cc1. The molecule has 0 unspecified atom stereocenters. The van der Waals surface area contributed by atoms with Crippen LogP contribution < -0.4 is 31.8 Å². The van der Waals surface area contributed by atoms with E-state index in [0.29, 0.717) is 0 Å². The zero-order valence-corrected chi connectivity index (χ0v) is 31.3. The zero-order valence-electron chi connectivity index (χ0n) is 29.5. The first kappa shape index (κ1) is 32.7. The van der Waals surface area contributed by atoms with Gasteiger partial charge in [0, 0.05) is 27.1 Å². The van der Waals surface area contributed by atoms with Crippen LogP contribution in [0.2, 0.25) is 0 Å². The van der Waals surface area contributed by atoms with Crippen molar-refractivity contribution in [1.29, 1.82) is 0 Å². The summed E-state index contributed by atoms with van der Waals surface area (Å²) in [4.78, 5) is 5.53. The van der Waals surface area contributed by atoms with Gasteiger partial charge in [0.1, 0.15) is 0 Å². The maximum Gasteiger partial charge on any atom is 0.0794 e. The molecule has 1 nitrogen and oxygen atoms in total. The van der Waals surface area contributed by atoms with Crippen LogP contribution in [0.15, 0.2) is 212 Å². The molecule has 9 aromatic carbocycles. The van der Waals surface area contributed by atoms with E-state index in [1.165, 1.54) is 75.3 Å². The molecular formula is C51H35NP2. The quantitative estimate of drug-likeness (QED) is 0.0906. The van der Waals surface area contributed by atoms with Crippen LogP contribution in [0.5, 0.6) is 0 Å². The van der Waals surface area contributed by atoms with Crippen LogP contribution >= 0.6 is 15.8 Å². The third-order valence-corrected chi connectivity index (χ3v) is 15.1. The van der Waals surface area contributed by atoms with Gasteiger partial charge in [-0.25, -0.2) is 4.98 Å². The van der Waals surface area contributed by atoms with Crippen molar-refractivity contribution in [3.05, 3.63) is 212 Å². The zero-order chi connectivity index (χ0) is 35.8. The van der Waals surface area contributed by atoms with Gasteiger partial charge in [0.15, 0.2) is 0 Å². The molecule has 10 aromatic rings. The number of hydrogen-bond donors (Lipinski definition) is 0. The molecule has 0 aliphatic heterocycles. The van der Waals surface area contributed by atoms with Gasteiger partial charge in [-0.3, -0.25) is 0 Å². The van der Waals surface area contributed by atoms with Crippen molar-refractivity contribution in [1.82, 2.24) is 4.98 Å². The van der Waals surface area contributed by atoms with Crippen molar-refractivity contribution in [3.8, 4) is 11.1 Å². The summed E-state index contributed by atoms with van der Waals surface area (Å²) in [6, 6.07) is 78.4. The van der Waals surface area contributed by atoms with E-state index >= 15 is 0 Å². The maximum atomic E-state index is 5.53. The third-order valence-electron chi connectivity index (χ3n) is 10.3. The summed E-state index contributed by atoms with van der Waals surface area (Å²) < 4.78 is 0. The van der Waals surface area contributed by atoms with E-state index in [1.54, 1.807) is 0 Å². The minimum absolute atomic E-state index is 0.880. The Morgan fingerprint density at radius 2 is 0.630 bits per heavy atom. The topological polar surface area (TPSA) is 12.9 Å². The highest BCUT2D eigenvalue weighted by molar-refractivity contribution is 7.81. The van der Waals surface area contributed by atoms with Gasteiger partial charge >= 0.3 is 0 Å². The Morgan fingerprint density at radius 1 is 0.278 bits per heavy atom. The first-order valence-corrected chi connectivity index (χ1v) is 21.1. The van der Waals surface area contributed by atoms with Crippen LogP contribution in [0.1, 0.15) is 0 Å². The second kappa shape index (κ2) is 14.1. The number of aromatic nitrogens is 1. The monoisotopic (exact) mass is 723 g/mol. The van der Waals surface area contributed by atoms with Gasteiger partial charge in [-0.2, -0.15) is 0 Å². The molecule has 1 aromatic heterocycles. The highest BCUT2D eigenvalue weighted by Crippen LogP contribution is 2.43. The highest BCUT2D eigenvalue weighted by Gasteiger charge is 2.24. The van der Waals surface area contributed by atoms with Gasteiger partial charge in [-0.05, 0) is 82.2 Å². The normalized spacial score (nSPS) is 11.7. The molecule has 0 fully saturated rings. The lowest BCUT2D eigenvalue weighted by Crippen LogP contribution is -2.26. The Labute approximate surface area is 318 Å². The average molecular weight is 724 g/mol. The van der Waals surface area contributed by atoms with Crippen LogP contribution in [-0.2, 0) is 0 Å². The molecule has 254 valence electrons. The molecule has 54 heavy (non-hydrogen) atoms. The molecule has 0 amide bonds. The summed E-state index contributed by atoms with van der Waals surface area (Å²) in [5, 5.41) is 15.1. The molecule has 0 saturated heterocycles. The Kier molecular flexibility index (Phi) is 8.54. The summed E-state index contributed by atoms with van der Waals surface area (Å²) in [6.07, 6.45) is 0. The molecule has 0 atom stereocenters. The lowest BCUT2D eigenvalue weighted by Gasteiger charge is -2.25. The van der Waals surface area contributed by atoms with E-state index in [-0.39, 0.29) is 0 Å². The fourth-order valence-corrected chi connectivity index (χ4v) is 12.8. The van der Waals surface area contributed by atoms with Gasteiger partial charge in [0.25, 0.3) is 0 Å². The molecule has 0 bridgehead atoms. The molecule has 0 N–H and O–H groups in total. The van der Waals surface area contributed by atoms with Crippen molar-refractivity contribution >= 4 is 91.0 Å². The Balaban J connectivity index is 1.35. The van der Waals surface area contributed by atoms with E-state index in [9.17, 15) is 0 Å². The van der Waals surface area contributed by atoms with Crippen LogP contribution in [-0.4, -0.2) is 4.98 Å². The van der Waals surface area contributed by atoms with E-state index in [4.69, 9.17) is 4.98 Å². The second-order valence-corrected chi connectivity index (χ2v) is 18.0. The smallest absolute Gasteiger partial charge is 0.0794 e. The van der Waals surface area contributed by atoms with E-state index in [0.717, 1.165) is 11.0 Å². The Bertz CT molecular complexity index is 2660. The molecule has 10 rings (SSSR count). The first-order valence-electron chi connectivity index (χ1n) is 18.4. The number of benzene rings is 9. The summed E-state index contributed by atoms with van der Waals surface area (Å²) in [5.74, 6) is 0. The number of rotatable bonds is 7. The number of nitrogens with zero attached hydrogens (tertiary/aromatic N) is 1. The number of pyridine rings is 1. The molecule has 1 heterocycles. The lowest BCUT2D eigenvalue weighted by atomic mass is 9.92.